The second-order valence-corrected chi connectivity index (χ2v) is 6.24. The summed E-state index contributed by atoms with van der Waals surface area (Å²) in [4.78, 5) is 23.1. The molecule has 1 amide bonds. The number of aryl methyl sites for hydroxylation is 2. The molecule has 0 aromatic heterocycles. The van der Waals surface area contributed by atoms with Crippen molar-refractivity contribution in [1.82, 2.24) is 0 Å². The third kappa shape index (κ3) is 4.69. The number of nitrogens with one attached hydrogen (secondary N) is 1. The number of amides is 1. The van der Waals surface area contributed by atoms with Crippen LogP contribution in [0.3, 0.4) is 0 Å². The molecule has 0 spiro atoms. The average Bonchev–Trinajstić information content (AvgIpc) is 2.53. The minimum absolute atomic E-state index is 0.0564. The number of carbonyl (C=O) groups is 2. The van der Waals surface area contributed by atoms with Crippen molar-refractivity contribution in [3.05, 3.63) is 64.7 Å². The van der Waals surface area contributed by atoms with Crippen molar-refractivity contribution < 1.29 is 14.7 Å². The molecule has 126 valence electrons. The number of carboxylic acid groups (broad SMARTS) is 1. The SMILES string of the molecule is Cc1cccc(C)c1CC(=O)Nc1ccc(CC(C)C(=O)O)cc1. The van der Waals surface area contributed by atoms with Crippen LogP contribution in [0.15, 0.2) is 42.5 Å². The van der Waals surface area contributed by atoms with Gasteiger partial charge in [-0.15, -0.1) is 0 Å². The molecular weight excluding hydrogens is 302 g/mol. The largest absolute Gasteiger partial charge is 0.481 e. The van der Waals surface area contributed by atoms with Crippen LogP contribution >= 0.6 is 0 Å². The van der Waals surface area contributed by atoms with Crippen LogP contribution in [-0.4, -0.2) is 17.0 Å². The van der Waals surface area contributed by atoms with E-state index in [2.05, 4.69) is 5.32 Å². The molecule has 2 aromatic carbocycles. The first kappa shape index (κ1) is 17.7. The number of carbonyl (C=O) groups excluding carboxylic acids is 1. The molecule has 0 saturated carbocycles. The summed E-state index contributed by atoms with van der Waals surface area (Å²) < 4.78 is 0. The monoisotopic (exact) mass is 325 g/mol. The smallest absolute Gasteiger partial charge is 0.306 e. The van der Waals surface area contributed by atoms with E-state index in [1.165, 1.54) is 0 Å². The molecule has 4 nitrogen and oxygen atoms in total. The van der Waals surface area contributed by atoms with E-state index in [1.807, 2.05) is 56.3 Å². The lowest BCUT2D eigenvalue weighted by Gasteiger charge is -2.11. The third-order valence-corrected chi connectivity index (χ3v) is 4.18. The number of carboxylic acids is 1. The van der Waals surface area contributed by atoms with Crippen LogP contribution in [0, 0.1) is 19.8 Å². The maximum atomic E-state index is 12.2. The Labute approximate surface area is 142 Å². The van der Waals surface area contributed by atoms with Crippen LogP contribution in [0.1, 0.15) is 29.2 Å². The van der Waals surface area contributed by atoms with Gasteiger partial charge in [-0.1, -0.05) is 37.3 Å². The van der Waals surface area contributed by atoms with Gasteiger partial charge >= 0.3 is 5.97 Å². The summed E-state index contributed by atoms with van der Waals surface area (Å²) in [6.07, 6.45) is 0.822. The van der Waals surface area contributed by atoms with Gasteiger partial charge < -0.3 is 10.4 Å². The molecule has 0 heterocycles. The number of anilines is 1. The van der Waals surface area contributed by atoms with E-state index in [0.29, 0.717) is 12.8 Å². The molecule has 4 heteroatoms. The Morgan fingerprint density at radius 3 is 2.17 bits per heavy atom. The molecule has 2 N–H and O–H groups in total. The normalized spacial score (nSPS) is 11.8. The molecule has 2 aromatic rings. The summed E-state index contributed by atoms with van der Waals surface area (Å²) in [7, 11) is 0. The second-order valence-electron chi connectivity index (χ2n) is 6.24. The van der Waals surface area contributed by atoms with Gasteiger partial charge in [0, 0.05) is 5.69 Å². The topological polar surface area (TPSA) is 66.4 Å². The van der Waals surface area contributed by atoms with Gasteiger partial charge in [-0.25, -0.2) is 0 Å². The first-order chi connectivity index (χ1) is 11.4. The minimum Gasteiger partial charge on any atom is -0.481 e. The van der Waals surface area contributed by atoms with Crippen molar-refractivity contribution in [2.24, 2.45) is 5.92 Å². The van der Waals surface area contributed by atoms with E-state index in [9.17, 15) is 9.59 Å². The number of aliphatic carboxylic acids is 1. The van der Waals surface area contributed by atoms with Gasteiger partial charge in [-0.2, -0.15) is 0 Å². The molecule has 24 heavy (non-hydrogen) atoms. The summed E-state index contributed by atoms with van der Waals surface area (Å²) in [5, 5.41) is 11.8. The number of benzene rings is 2. The Hall–Kier alpha value is -2.62. The van der Waals surface area contributed by atoms with Gasteiger partial charge in [-0.05, 0) is 54.7 Å². The highest BCUT2D eigenvalue weighted by atomic mass is 16.4. The lowest BCUT2D eigenvalue weighted by Crippen LogP contribution is -2.16. The Kier molecular flexibility index (Phi) is 5.74. The van der Waals surface area contributed by atoms with Crippen molar-refractivity contribution in [1.29, 1.82) is 0 Å². The predicted molar refractivity (Wildman–Crippen MR) is 95.2 cm³/mol. The quantitative estimate of drug-likeness (QED) is 0.850. The molecular formula is C20H23NO3. The molecule has 2 rings (SSSR count). The number of rotatable bonds is 6. The zero-order valence-electron chi connectivity index (χ0n) is 14.3. The van der Waals surface area contributed by atoms with Crippen LogP contribution in [0.4, 0.5) is 5.69 Å². The van der Waals surface area contributed by atoms with Crippen molar-refractivity contribution >= 4 is 17.6 Å². The van der Waals surface area contributed by atoms with E-state index in [0.717, 1.165) is 27.9 Å². The predicted octanol–water partition coefficient (Wildman–Crippen LogP) is 3.75. The average molecular weight is 325 g/mol. The number of hydrogen-bond acceptors (Lipinski definition) is 2. The first-order valence-corrected chi connectivity index (χ1v) is 8.03. The highest BCUT2D eigenvalue weighted by Crippen LogP contribution is 2.16. The highest BCUT2D eigenvalue weighted by Gasteiger charge is 2.12. The van der Waals surface area contributed by atoms with E-state index >= 15 is 0 Å². The van der Waals surface area contributed by atoms with Gasteiger partial charge in [0.1, 0.15) is 0 Å². The molecule has 1 atom stereocenters. The molecule has 0 aliphatic heterocycles. The van der Waals surface area contributed by atoms with Crippen LogP contribution in [0.2, 0.25) is 0 Å². The summed E-state index contributed by atoms with van der Waals surface area (Å²) in [5.41, 5.74) is 4.95. The highest BCUT2D eigenvalue weighted by molar-refractivity contribution is 5.92. The minimum atomic E-state index is -0.805. The second kappa shape index (κ2) is 7.77. The summed E-state index contributed by atoms with van der Waals surface area (Å²) in [5.74, 6) is -1.28. The van der Waals surface area contributed by atoms with Gasteiger partial charge in [0.2, 0.25) is 5.91 Å². The van der Waals surface area contributed by atoms with Gasteiger partial charge in [-0.3, -0.25) is 9.59 Å². The lowest BCUT2D eigenvalue weighted by atomic mass is 9.99. The lowest BCUT2D eigenvalue weighted by molar-refractivity contribution is -0.141. The molecule has 0 aliphatic rings. The van der Waals surface area contributed by atoms with E-state index in [1.54, 1.807) is 6.92 Å². The van der Waals surface area contributed by atoms with Crippen molar-refractivity contribution in [3.63, 3.8) is 0 Å². The van der Waals surface area contributed by atoms with Gasteiger partial charge in [0.05, 0.1) is 12.3 Å². The number of hydrogen-bond donors (Lipinski definition) is 2. The summed E-state index contributed by atoms with van der Waals surface area (Å²) in [6.45, 7) is 5.70. The Balaban J connectivity index is 1.98. The summed E-state index contributed by atoms with van der Waals surface area (Å²) >= 11 is 0. The Morgan fingerprint density at radius 1 is 1.04 bits per heavy atom. The molecule has 1 unspecified atom stereocenters. The maximum absolute atomic E-state index is 12.2. The van der Waals surface area contributed by atoms with Gasteiger partial charge in [0.25, 0.3) is 0 Å². The van der Waals surface area contributed by atoms with E-state index < -0.39 is 11.9 Å². The molecule has 0 bridgehead atoms. The fraction of sp³-hybridized carbons (Fsp3) is 0.300. The Bertz CT molecular complexity index is 715. The van der Waals surface area contributed by atoms with Crippen LogP contribution in [-0.2, 0) is 22.4 Å². The molecule has 0 fully saturated rings. The molecule has 0 saturated heterocycles. The van der Waals surface area contributed by atoms with E-state index in [-0.39, 0.29) is 5.91 Å². The van der Waals surface area contributed by atoms with Crippen LogP contribution < -0.4 is 5.32 Å². The summed E-state index contributed by atoms with van der Waals surface area (Å²) in [6, 6.07) is 13.3. The fourth-order valence-corrected chi connectivity index (χ4v) is 2.66. The maximum Gasteiger partial charge on any atom is 0.306 e. The van der Waals surface area contributed by atoms with Crippen molar-refractivity contribution in [2.75, 3.05) is 5.32 Å². The third-order valence-electron chi connectivity index (χ3n) is 4.18. The standard InChI is InChI=1S/C20H23NO3/c1-13-5-4-6-14(2)18(13)12-19(22)21-17-9-7-16(8-10-17)11-15(3)20(23)24/h4-10,15H,11-12H2,1-3H3,(H,21,22)(H,23,24). The van der Waals surface area contributed by atoms with E-state index in [4.69, 9.17) is 5.11 Å². The molecule has 0 radical (unpaired) electrons. The van der Waals surface area contributed by atoms with Crippen molar-refractivity contribution in [2.45, 2.75) is 33.6 Å². The van der Waals surface area contributed by atoms with Crippen molar-refractivity contribution in [3.8, 4) is 0 Å². The zero-order valence-corrected chi connectivity index (χ0v) is 14.3. The van der Waals surface area contributed by atoms with Crippen LogP contribution in [0.5, 0.6) is 0 Å². The Morgan fingerprint density at radius 2 is 1.62 bits per heavy atom. The van der Waals surface area contributed by atoms with Gasteiger partial charge in [0.15, 0.2) is 0 Å². The van der Waals surface area contributed by atoms with Crippen LogP contribution in [0.25, 0.3) is 0 Å². The first-order valence-electron chi connectivity index (χ1n) is 8.03. The zero-order chi connectivity index (χ0) is 17.7. The fourth-order valence-electron chi connectivity index (χ4n) is 2.66. The molecule has 0 aliphatic carbocycles.